The molecule has 9 heteroatoms. The number of rotatable bonds is 3. The summed E-state index contributed by atoms with van der Waals surface area (Å²) < 4.78 is 13.2. The number of nitrogens with one attached hydrogen (secondary N) is 2. The number of anilines is 2. The number of thiophene rings is 1. The number of carbonyl (C=O) groups is 1. The molecule has 3 N–H and O–H groups in total. The van der Waals surface area contributed by atoms with Gasteiger partial charge in [-0.25, -0.2) is 19.8 Å². The third-order valence-electron chi connectivity index (χ3n) is 3.22. The molecule has 23 heavy (non-hydrogen) atoms. The topological polar surface area (TPSA) is 87.1 Å². The predicted octanol–water partition coefficient (Wildman–Crippen LogP) is 3.65. The van der Waals surface area contributed by atoms with Crippen molar-refractivity contribution < 1.29 is 14.4 Å². The second-order valence-corrected chi connectivity index (χ2v) is 6.06. The summed E-state index contributed by atoms with van der Waals surface area (Å²) in [6.07, 6.45) is 1.35. The Morgan fingerprint density at radius 3 is 2.87 bits per heavy atom. The van der Waals surface area contributed by atoms with Gasteiger partial charge in [-0.3, -0.25) is 10.0 Å². The van der Waals surface area contributed by atoms with E-state index in [9.17, 15) is 9.18 Å². The number of hydrogen-bond acceptors (Lipinski definition) is 6. The van der Waals surface area contributed by atoms with Gasteiger partial charge in [0.1, 0.15) is 22.8 Å². The van der Waals surface area contributed by atoms with E-state index in [-0.39, 0.29) is 5.02 Å². The van der Waals surface area contributed by atoms with E-state index in [1.54, 1.807) is 12.4 Å². The Morgan fingerprint density at radius 1 is 1.39 bits per heavy atom. The van der Waals surface area contributed by atoms with Gasteiger partial charge in [-0.2, -0.15) is 0 Å². The normalized spacial score (nSPS) is 10.8. The van der Waals surface area contributed by atoms with E-state index in [0.717, 1.165) is 11.3 Å². The predicted molar refractivity (Wildman–Crippen MR) is 86.1 cm³/mol. The van der Waals surface area contributed by atoms with Crippen LogP contribution in [0.1, 0.15) is 15.2 Å². The van der Waals surface area contributed by atoms with E-state index in [1.165, 1.54) is 24.5 Å². The zero-order valence-corrected chi connectivity index (χ0v) is 13.3. The summed E-state index contributed by atoms with van der Waals surface area (Å²) in [5.74, 6) is -0.664. The zero-order chi connectivity index (χ0) is 16.6. The molecule has 2 heterocycles. The van der Waals surface area contributed by atoms with Crippen molar-refractivity contribution >= 4 is 50.6 Å². The van der Waals surface area contributed by atoms with Crippen molar-refractivity contribution in [2.24, 2.45) is 0 Å². The van der Waals surface area contributed by atoms with Crippen LogP contribution < -0.4 is 10.8 Å². The summed E-state index contributed by atoms with van der Waals surface area (Å²) >= 11 is 6.91. The first-order valence-electron chi connectivity index (χ1n) is 6.42. The molecule has 118 valence electrons. The summed E-state index contributed by atoms with van der Waals surface area (Å²) in [5.41, 5.74) is 2.79. The number of carbonyl (C=O) groups excluding carboxylic acids is 1. The van der Waals surface area contributed by atoms with Crippen LogP contribution in [0.5, 0.6) is 0 Å². The van der Waals surface area contributed by atoms with Crippen LogP contribution in [0.2, 0.25) is 5.02 Å². The Kier molecular flexibility index (Phi) is 4.12. The molecule has 0 atom stereocenters. The molecule has 0 aliphatic carbocycles. The van der Waals surface area contributed by atoms with Gasteiger partial charge in [0.25, 0.3) is 5.91 Å². The van der Waals surface area contributed by atoms with Gasteiger partial charge in [-0.15, -0.1) is 11.3 Å². The maximum atomic E-state index is 13.2. The summed E-state index contributed by atoms with van der Waals surface area (Å²) in [5, 5.41) is 12.5. The fourth-order valence-corrected chi connectivity index (χ4v) is 3.36. The summed E-state index contributed by atoms with van der Waals surface area (Å²) in [6.45, 7) is 1.73. The van der Waals surface area contributed by atoms with E-state index in [4.69, 9.17) is 16.8 Å². The van der Waals surface area contributed by atoms with Crippen molar-refractivity contribution in [3.8, 4) is 0 Å². The molecular weight excluding hydrogens is 343 g/mol. The molecule has 0 bridgehead atoms. The Balaban J connectivity index is 2.08. The van der Waals surface area contributed by atoms with Gasteiger partial charge in [-0.05, 0) is 30.7 Å². The SMILES string of the molecule is Cc1c(C(=O)NO)sc2ncnc(Nc3ccc(F)c(Cl)c3)c12. The van der Waals surface area contributed by atoms with Crippen LogP contribution in [0.4, 0.5) is 15.9 Å². The lowest BCUT2D eigenvalue weighted by molar-refractivity contribution is 0.0710. The molecule has 0 fully saturated rings. The lowest BCUT2D eigenvalue weighted by atomic mass is 10.2. The highest BCUT2D eigenvalue weighted by molar-refractivity contribution is 7.20. The summed E-state index contributed by atoms with van der Waals surface area (Å²) in [6, 6.07) is 4.21. The van der Waals surface area contributed by atoms with Gasteiger partial charge in [0.15, 0.2) is 0 Å². The van der Waals surface area contributed by atoms with Crippen LogP contribution in [0, 0.1) is 12.7 Å². The van der Waals surface area contributed by atoms with E-state index < -0.39 is 11.7 Å². The van der Waals surface area contributed by atoms with E-state index >= 15 is 0 Å². The molecule has 0 aliphatic heterocycles. The van der Waals surface area contributed by atoms with Crippen LogP contribution >= 0.6 is 22.9 Å². The Bertz CT molecular complexity index is 915. The number of nitrogens with zero attached hydrogens (tertiary/aromatic N) is 2. The number of hydrogen-bond donors (Lipinski definition) is 3. The summed E-state index contributed by atoms with van der Waals surface area (Å²) in [7, 11) is 0. The third kappa shape index (κ3) is 2.83. The maximum absolute atomic E-state index is 13.2. The average molecular weight is 353 g/mol. The van der Waals surface area contributed by atoms with Crippen LogP contribution in [-0.2, 0) is 0 Å². The first kappa shape index (κ1) is 15.6. The van der Waals surface area contributed by atoms with Gasteiger partial charge in [0.05, 0.1) is 15.3 Å². The third-order valence-corrected chi connectivity index (χ3v) is 4.71. The van der Waals surface area contributed by atoms with Crippen LogP contribution in [0.3, 0.4) is 0 Å². The monoisotopic (exact) mass is 352 g/mol. The number of benzene rings is 1. The molecule has 0 spiro atoms. The number of fused-ring (bicyclic) bond motifs is 1. The molecule has 3 aromatic rings. The van der Waals surface area contributed by atoms with E-state index in [0.29, 0.717) is 32.2 Å². The second-order valence-electron chi connectivity index (χ2n) is 4.65. The Hall–Kier alpha value is -2.29. The van der Waals surface area contributed by atoms with Crippen molar-refractivity contribution in [2.75, 3.05) is 5.32 Å². The van der Waals surface area contributed by atoms with Crippen molar-refractivity contribution in [3.05, 3.63) is 45.8 Å². The molecule has 0 unspecified atom stereocenters. The number of amides is 1. The highest BCUT2D eigenvalue weighted by Crippen LogP contribution is 2.34. The molecule has 3 rings (SSSR count). The molecule has 0 saturated heterocycles. The largest absolute Gasteiger partial charge is 0.340 e. The van der Waals surface area contributed by atoms with Crippen LogP contribution in [-0.4, -0.2) is 21.1 Å². The lowest BCUT2D eigenvalue weighted by Gasteiger charge is -2.08. The van der Waals surface area contributed by atoms with Crippen molar-refractivity contribution in [3.63, 3.8) is 0 Å². The highest BCUT2D eigenvalue weighted by atomic mass is 35.5. The summed E-state index contributed by atoms with van der Waals surface area (Å²) in [4.78, 5) is 20.9. The molecule has 0 saturated carbocycles. The van der Waals surface area contributed by atoms with E-state index in [2.05, 4.69) is 15.3 Å². The number of aryl methyl sites for hydroxylation is 1. The highest BCUT2D eigenvalue weighted by Gasteiger charge is 2.19. The number of aromatic nitrogens is 2. The standard InChI is InChI=1S/C14H10ClFN4O2S/c1-6-10-12(19-7-2-3-9(16)8(15)4-7)17-5-18-14(10)23-11(6)13(21)20-22/h2-5,22H,1H3,(H,20,21)(H,17,18,19). The minimum absolute atomic E-state index is 0.0114. The molecule has 1 amide bonds. The average Bonchev–Trinajstić information content (AvgIpc) is 2.88. The first-order valence-corrected chi connectivity index (χ1v) is 7.61. The van der Waals surface area contributed by atoms with Gasteiger partial charge in [0, 0.05) is 5.69 Å². The van der Waals surface area contributed by atoms with E-state index in [1.807, 2.05) is 0 Å². The van der Waals surface area contributed by atoms with Crippen LogP contribution in [0.15, 0.2) is 24.5 Å². The van der Waals surface area contributed by atoms with Gasteiger partial charge in [0.2, 0.25) is 0 Å². The Morgan fingerprint density at radius 2 is 2.17 bits per heavy atom. The van der Waals surface area contributed by atoms with Crippen molar-refractivity contribution in [2.45, 2.75) is 6.92 Å². The minimum atomic E-state index is -0.610. The molecule has 0 aliphatic rings. The quantitative estimate of drug-likeness (QED) is 0.494. The van der Waals surface area contributed by atoms with Crippen LogP contribution in [0.25, 0.3) is 10.2 Å². The maximum Gasteiger partial charge on any atom is 0.285 e. The second kappa shape index (κ2) is 6.07. The smallest absolute Gasteiger partial charge is 0.285 e. The van der Waals surface area contributed by atoms with Gasteiger partial charge in [-0.1, -0.05) is 11.6 Å². The van der Waals surface area contributed by atoms with Gasteiger partial charge >= 0.3 is 0 Å². The molecule has 1 aromatic carbocycles. The number of hydroxylamine groups is 1. The zero-order valence-electron chi connectivity index (χ0n) is 11.7. The molecule has 0 radical (unpaired) electrons. The van der Waals surface area contributed by atoms with Crippen molar-refractivity contribution in [1.29, 1.82) is 0 Å². The fraction of sp³-hybridized carbons (Fsp3) is 0.0714. The minimum Gasteiger partial charge on any atom is -0.340 e. The fourth-order valence-electron chi connectivity index (χ4n) is 2.14. The number of halogens is 2. The first-order chi connectivity index (χ1) is 11.0. The lowest BCUT2D eigenvalue weighted by Crippen LogP contribution is -2.17. The van der Waals surface area contributed by atoms with Crippen molar-refractivity contribution in [1.82, 2.24) is 15.4 Å². The molecule has 2 aromatic heterocycles. The Labute approximate surface area is 138 Å². The molecular formula is C14H10ClFN4O2S. The van der Waals surface area contributed by atoms with Gasteiger partial charge < -0.3 is 5.32 Å². The molecule has 6 nitrogen and oxygen atoms in total.